The number of carbonyl (C=O) groups is 2. The Labute approximate surface area is 450 Å². The van der Waals surface area contributed by atoms with Gasteiger partial charge in [0.25, 0.3) is 0 Å². The van der Waals surface area contributed by atoms with E-state index in [4.69, 9.17) is 42.6 Å². The van der Waals surface area contributed by atoms with Crippen LogP contribution in [0.25, 0.3) is 0 Å². The van der Waals surface area contributed by atoms with Crippen molar-refractivity contribution < 1.29 is 108 Å². The molecule has 11 N–H and O–H groups in total. The minimum atomic E-state index is -1.91. The average Bonchev–Trinajstić information content (AvgIpc) is 3.65. The van der Waals surface area contributed by atoms with Gasteiger partial charge in [0.15, 0.2) is 18.9 Å². The SMILES string of the molecule is COC(=O)C[C@@H]1O[C@H](OC[C@@H]2O[C@H](OC(=O)[C@]34CCC(C)(C)C[C@@H]3C3=CC[C@@H]5[C@]6(C)CC[C@@H](O[C@@H]7O[C@@H](CO)[C@H](O)[C@H]7O)C(C)(C)[C@H]6CC[C@@]5(C)[C@]3(C)CC4)[C@@H](O)[C@H](O)[C@H]2O)[C@@H](O)[C@H](O)[C@H]1O[C@@H]1O[C@@H](C)[C@H](O)[C@@H](O)[C@H]1O. The highest BCUT2D eigenvalue weighted by molar-refractivity contribution is 5.79. The number of aliphatic hydroxyl groups excluding tert-OH is 11. The number of carbonyl (C=O) groups excluding carboxylic acids is 2. The molecule has 4 aliphatic heterocycles. The van der Waals surface area contributed by atoms with E-state index < -0.39 is 154 Å². The standard InChI is InChI=1S/C55H88O22/c1-24-34(58)37(61)41(65)46(71-24)76-44-27(20-33(57)69-9)72-45(43(67)39(44)63)70-23-29-36(60)38(62)42(66)48(74-29)77-49(68)55-18-16-50(2,3)21-26(55)25-10-11-31-52(6)14-13-32(75-47-40(64)35(59)28(22-56)73-47)51(4,5)30(52)12-15-54(31,8)53(25,7)17-19-55/h10,24,26-32,34-48,56,58-67H,11-23H2,1-9H3/t24-,26+,27-,28-,29-,30+,31+,32+,34-,35-,36-,37+,38+,39-,40+,41+,42-,43-,44-,45-,46-,47-,48+,52+,53+,54+,55-/m0/s1. The highest BCUT2D eigenvalue weighted by Crippen LogP contribution is 2.76. The fourth-order valence-electron chi connectivity index (χ4n) is 16.4. The van der Waals surface area contributed by atoms with Gasteiger partial charge in [-0.3, -0.25) is 9.59 Å². The number of ether oxygens (including phenoxy) is 9. The Morgan fingerprint density at radius 1 is 0.623 bits per heavy atom. The topological polar surface area (TPSA) is 340 Å². The maximum atomic E-state index is 15.2. The van der Waals surface area contributed by atoms with Crippen LogP contribution in [0.5, 0.6) is 0 Å². The minimum absolute atomic E-state index is 0.0869. The van der Waals surface area contributed by atoms with Crippen molar-refractivity contribution in [1.82, 2.24) is 0 Å². The molecule has 0 bridgehead atoms. The molecule has 4 saturated carbocycles. The summed E-state index contributed by atoms with van der Waals surface area (Å²) in [7, 11) is 1.11. The molecule has 9 aliphatic rings. The monoisotopic (exact) mass is 1100 g/mol. The zero-order valence-electron chi connectivity index (χ0n) is 46.0. The second-order valence-corrected chi connectivity index (χ2v) is 26.4. The molecule has 0 unspecified atom stereocenters. The van der Waals surface area contributed by atoms with Crippen LogP contribution < -0.4 is 0 Å². The molecule has 22 nitrogen and oxygen atoms in total. The quantitative estimate of drug-likeness (QED) is 0.0919. The van der Waals surface area contributed by atoms with Gasteiger partial charge < -0.3 is 98.8 Å². The van der Waals surface area contributed by atoms with Gasteiger partial charge in [-0.2, -0.15) is 0 Å². The predicted octanol–water partition coefficient (Wildman–Crippen LogP) is 0.202. The molecule has 0 aromatic heterocycles. The van der Waals surface area contributed by atoms with Crippen molar-refractivity contribution >= 4 is 11.9 Å². The van der Waals surface area contributed by atoms with E-state index >= 15 is 4.79 Å². The second kappa shape index (κ2) is 21.6. The molecule has 8 fully saturated rings. The molecule has 0 radical (unpaired) electrons. The van der Waals surface area contributed by atoms with Crippen LogP contribution in [-0.4, -0.2) is 211 Å². The lowest BCUT2D eigenvalue weighted by atomic mass is 9.33. The van der Waals surface area contributed by atoms with Gasteiger partial charge in [0.05, 0.1) is 44.4 Å². The number of esters is 2. The van der Waals surface area contributed by atoms with Crippen molar-refractivity contribution in [1.29, 1.82) is 0 Å². The Bertz CT molecular complexity index is 2160. The molecule has 9 rings (SSSR count). The summed E-state index contributed by atoms with van der Waals surface area (Å²) in [6, 6.07) is 0. The van der Waals surface area contributed by atoms with Gasteiger partial charge >= 0.3 is 11.9 Å². The van der Waals surface area contributed by atoms with Crippen molar-refractivity contribution in [3.63, 3.8) is 0 Å². The van der Waals surface area contributed by atoms with Gasteiger partial charge in [0.2, 0.25) is 6.29 Å². The first-order chi connectivity index (χ1) is 36.0. The fourth-order valence-corrected chi connectivity index (χ4v) is 16.4. The summed E-state index contributed by atoms with van der Waals surface area (Å²) in [6.07, 6.45) is -20.4. The molecular formula is C55H88O22. The maximum absolute atomic E-state index is 15.2. The molecule has 0 aromatic carbocycles. The Balaban J connectivity index is 0.900. The molecule has 22 heteroatoms. The van der Waals surface area contributed by atoms with E-state index in [0.717, 1.165) is 45.6 Å². The molecule has 0 spiro atoms. The van der Waals surface area contributed by atoms with E-state index in [0.29, 0.717) is 31.6 Å². The van der Waals surface area contributed by atoms with Crippen LogP contribution in [0.1, 0.15) is 126 Å². The third-order valence-corrected chi connectivity index (χ3v) is 21.4. The third-order valence-electron chi connectivity index (χ3n) is 21.4. The number of fused-ring (bicyclic) bond motifs is 7. The summed E-state index contributed by atoms with van der Waals surface area (Å²) < 4.78 is 52.4. The number of allylic oxidation sites excluding steroid dienone is 2. The van der Waals surface area contributed by atoms with Gasteiger partial charge in [0, 0.05) is 0 Å². The first-order valence-electron chi connectivity index (χ1n) is 27.9. The van der Waals surface area contributed by atoms with Crippen molar-refractivity contribution in [2.75, 3.05) is 20.3 Å². The van der Waals surface area contributed by atoms with Crippen LogP contribution in [0, 0.1) is 50.2 Å². The lowest BCUT2D eigenvalue weighted by molar-refractivity contribution is -0.359. The van der Waals surface area contributed by atoms with Crippen molar-refractivity contribution in [3.8, 4) is 0 Å². The number of hydrogen-bond acceptors (Lipinski definition) is 22. The van der Waals surface area contributed by atoms with Gasteiger partial charge in [-0.05, 0) is 116 Å². The summed E-state index contributed by atoms with van der Waals surface area (Å²) in [5.41, 5.74) is -0.728. The van der Waals surface area contributed by atoms with Crippen molar-refractivity contribution in [2.24, 2.45) is 50.2 Å². The molecular weight excluding hydrogens is 1010 g/mol. The third kappa shape index (κ3) is 9.97. The number of rotatable bonds is 12. The van der Waals surface area contributed by atoms with Crippen LogP contribution in [0.2, 0.25) is 0 Å². The molecule has 77 heavy (non-hydrogen) atoms. The second-order valence-electron chi connectivity index (χ2n) is 26.4. The lowest BCUT2D eigenvalue weighted by Gasteiger charge is -2.71. The Hall–Kier alpha value is -2.04. The maximum Gasteiger partial charge on any atom is 0.315 e. The minimum Gasteiger partial charge on any atom is -0.469 e. The van der Waals surface area contributed by atoms with E-state index in [9.17, 15) is 61.0 Å². The normalized spacial score (nSPS) is 52.2. The van der Waals surface area contributed by atoms with Crippen molar-refractivity contribution in [3.05, 3.63) is 11.6 Å². The van der Waals surface area contributed by atoms with Crippen LogP contribution in [0.4, 0.5) is 0 Å². The van der Waals surface area contributed by atoms with E-state index in [-0.39, 0.29) is 45.0 Å². The van der Waals surface area contributed by atoms with E-state index in [1.54, 1.807) is 0 Å². The van der Waals surface area contributed by atoms with E-state index in [2.05, 4.69) is 54.5 Å². The number of methoxy groups -OCH3 is 1. The first kappa shape index (κ1) is 59.6. The summed E-state index contributed by atoms with van der Waals surface area (Å²) in [5.74, 6) is -1.07. The molecule has 440 valence electrons. The summed E-state index contributed by atoms with van der Waals surface area (Å²) in [4.78, 5) is 27.7. The van der Waals surface area contributed by atoms with Crippen LogP contribution >= 0.6 is 0 Å². The molecule has 4 saturated heterocycles. The van der Waals surface area contributed by atoms with Crippen LogP contribution in [0.15, 0.2) is 11.6 Å². The highest BCUT2D eigenvalue weighted by Gasteiger charge is 2.70. The zero-order valence-corrected chi connectivity index (χ0v) is 46.0. The van der Waals surface area contributed by atoms with E-state index in [1.807, 2.05) is 0 Å². The summed E-state index contributed by atoms with van der Waals surface area (Å²) in [6.45, 7) is 16.5. The molecule has 4 heterocycles. The molecule has 27 atom stereocenters. The number of aliphatic hydroxyl groups is 11. The Kier molecular flexibility index (Phi) is 16.7. The average molecular weight is 1100 g/mol. The van der Waals surface area contributed by atoms with Gasteiger partial charge in [-0.15, -0.1) is 0 Å². The Morgan fingerprint density at radius 3 is 1.90 bits per heavy atom. The Morgan fingerprint density at radius 2 is 1.22 bits per heavy atom. The highest BCUT2D eigenvalue weighted by atomic mass is 16.8. The molecule has 5 aliphatic carbocycles. The number of hydrogen-bond donors (Lipinski definition) is 11. The molecule has 0 amide bonds. The predicted molar refractivity (Wildman–Crippen MR) is 265 cm³/mol. The van der Waals surface area contributed by atoms with Crippen molar-refractivity contribution in [2.45, 2.75) is 249 Å². The summed E-state index contributed by atoms with van der Waals surface area (Å²) in [5, 5.41) is 119. The largest absolute Gasteiger partial charge is 0.469 e. The van der Waals surface area contributed by atoms with Gasteiger partial charge in [-0.25, -0.2) is 0 Å². The van der Waals surface area contributed by atoms with Crippen LogP contribution in [0.3, 0.4) is 0 Å². The van der Waals surface area contributed by atoms with E-state index in [1.165, 1.54) is 12.5 Å². The first-order valence-corrected chi connectivity index (χ1v) is 27.9. The zero-order chi connectivity index (χ0) is 56.3. The van der Waals surface area contributed by atoms with Crippen LogP contribution in [-0.2, 0) is 52.2 Å². The summed E-state index contributed by atoms with van der Waals surface area (Å²) >= 11 is 0. The fraction of sp³-hybridized carbons (Fsp3) is 0.927. The van der Waals surface area contributed by atoms with Gasteiger partial charge in [-0.1, -0.05) is 60.1 Å². The molecule has 0 aromatic rings. The lowest BCUT2D eigenvalue weighted by Crippen LogP contribution is -2.66. The van der Waals surface area contributed by atoms with Gasteiger partial charge in [0.1, 0.15) is 85.5 Å². The smallest absolute Gasteiger partial charge is 0.315 e.